The Morgan fingerprint density at radius 1 is 1.15 bits per heavy atom. The Bertz CT molecular complexity index is 1220. The standard InChI is InChI=1S/C24H24Cl2N2O5/c1-12(13-5-3-2-4-6-13)27-23(30)16-9-14(7-8-20(16)29)33-22-17(25)11-18-15(21(22)26)10-19(28-18)24(31)32/h7-13,28-29H,2-6H2,1H3,(H,27,30)(H,31,32)/t12-/m0/s1. The quantitative estimate of drug-likeness (QED) is 0.320. The van der Waals surface area contributed by atoms with Crippen molar-refractivity contribution in [2.45, 2.75) is 45.1 Å². The Kier molecular flexibility index (Phi) is 6.72. The molecule has 33 heavy (non-hydrogen) atoms. The van der Waals surface area contributed by atoms with E-state index in [9.17, 15) is 19.8 Å². The first kappa shape index (κ1) is 23.3. The number of aromatic nitrogens is 1. The second-order valence-corrected chi connectivity index (χ2v) is 9.18. The first-order valence-electron chi connectivity index (χ1n) is 10.8. The maximum atomic E-state index is 12.9. The molecule has 3 aromatic rings. The van der Waals surface area contributed by atoms with Crippen LogP contribution in [-0.2, 0) is 0 Å². The van der Waals surface area contributed by atoms with Gasteiger partial charge in [0.1, 0.15) is 17.2 Å². The number of fused-ring (bicyclic) bond motifs is 1. The molecular weight excluding hydrogens is 467 g/mol. The molecule has 1 heterocycles. The van der Waals surface area contributed by atoms with Crippen LogP contribution in [0.25, 0.3) is 10.9 Å². The van der Waals surface area contributed by atoms with Crippen LogP contribution in [0.3, 0.4) is 0 Å². The van der Waals surface area contributed by atoms with Crippen LogP contribution in [0.5, 0.6) is 17.2 Å². The number of H-pyrrole nitrogens is 1. The number of hydrogen-bond acceptors (Lipinski definition) is 4. The van der Waals surface area contributed by atoms with Crippen molar-refractivity contribution < 1.29 is 24.5 Å². The molecule has 4 rings (SSSR count). The van der Waals surface area contributed by atoms with E-state index in [2.05, 4.69) is 10.3 Å². The number of rotatable bonds is 6. The average molecular weight is 491 g/mol. The number of aromatic carboxylic acids is 1. The molecule has 0 aliphatic heterocycles. The van der Waals surface area contributed by atoms with E-state index in [1.165, 1.54) is 49.6 Å². The zero-order valence-electron chi connectivity index (χ0n) is 18.0. The van der Waals surface area contributed by atoms with Crippen LogP contribution in [0.15, 0.2) is 30.3 Å². The SMILES string of the molecule is C[C@H](NC(=O)c1cc(Oc2c(Cl)cc3[nH]c(C(=O)O)cc3c2Cl)ccc1O)C1CCCCC1. The zero-order chi connectivity index (χ0) is 23.7. The number of carbonyl (C=O) groups excluding carboxylic acids is 1. The molecule has 0 saturated heterocycles. The molecule has 2 aromatic carbocycles. The van der Waals surface area contributed by atoms with E-state index in [-0.39, 0.29) is 50.5 Å². The molecule has 1 atom stereocenters. The number of amides is 1. The maximum Gasteiger partial charge on any atom is 0.352 e. The third-order valence-electron chi connectivity index (χ3n) is 6.15. The van der Waals surface area contributed by atoms with Crippen molar-refractivity contribution in [2.75, 3.05) is 0 Å². The van der Waals surface area contributed by atoms with Gasteiger partial charge in [0.05, 0.1) is 15.6 Å². The Balaban J connectivity index is 1.58. The first-order chi connectivity index (χ1) is 15.7. The third-order valence-corrected chi connectivity index (χ3v) is 6.81. The van der Waals surface area contributed by atoms with Crippen molar-refractivity contribution in [3.05, 3.63) is 51.6 Å². The molecule has 1 amide bonds. The zero-order valence-corrected chi connectivity index (χ0v) is 19.5. The number of nitrogens with one attached hydrogen (secondary N) is 2. The molecule has 0 radical (unpaired) electrons. The smallest absolute Gasteiger partial charge is 0.352 e. The lowest BCUT2D eigenvalue weighted by Gasteiger charge is -2.28. The molecule has 1 aliphatic rings. The van der Waals surface area contributed by atoms with Gasteiger partial charge in [-0.25, -0.2) is 4.79 Å². The summed E-state index contributed by atoms with van der Waals surface area (Å²) in [5, 5.41) is 23.2. The van der Waals surface area contributed by atoms with Crippen LogP contribution in [0, 0.1) is 5.92 Å². The highest BCUT2D eigenvalue weighted by atomic mass is 35.5. The number of carboxylic acid groups (broad SMARTS) is 1. The summed E-state index contributed by atoms with van der Waals surface area (Å²) in [6, 6.07) is 7.19. The minimum atomic E-state index is -1.13. The minimum Gasteiger partial charge on any atom is -0.507 e. The van der Waals surface area contributed by atoms with Crippen molar-refractivity contribution in [1.82, 2.24) is 10.3 Å². The molecule has 9 heteroatoms. The second-order valence-electron chi connectivity index (χ2n) is 8.39. The summed E-state index contributed by atoms with van der Waals surface area (Å²) in [5.74, 6) is -0.890. The van der Waals surface area contributed by atoms with Gasteiger partial charge in [-0.1, -0.05) is 42.5 Å². The molecule has 4 N–H and O–H groups in total. The molecule has 1 fully saturated rings. The highest BCUT2D eigenvalue weighted by Crippen LogP contribution is 2.42. The van der Waals surface area contributed by atoms with Gasteiger partial charge in [0.25, 0.3) is 5.91 Å². The normalized spacial score (nSPS) is 15.4. The summed E-state index contributed by atoms with van der Waals surface area (Å²) in [5.41, 5.74) is 0.506. The number of phenols is 1. The van der Waals surface area contributed by atoms with Crippen molar-refractivity contribution in [1.29, 1.82) is 0 Å². The van der Waals surface area contributed by atoms with E-state index in [1.807, 2.05) is 6.92 Å². The van der Waals surface area contributed by atoms with E-state index >= 15 is 0 Å². The van der Waals surface area contributed by atoms with Crippen LogP contribution in [0.1, 0.15) is 59.9 Å². The van der Waals surface area contributed by atoms with E-state index in [0.29, 0.717) is 16.8 Å². The first-order valence-corrected chi connectivity index (χ1v) is 11.6. The number of hydrogen-bond donors (Lipinski definition) is 4. The number of halogens is 2. The predicted octanol–water partition coefficient (Wildman–Crippen LogP) is 6.37. The lowest BCUT2D eigenvalue weighted by atomic mass is 9.84. The van der Waals surface area contributed by atoms with Crippen LogP contribution in [0.4, 0.5) is 0 Å². The second kappa shape index (κ2) is 9.53. The topological polar surface area (TPSA) is 112 Å². The van der Waals surface area contributed by atoms with Crippen LogP contribution in [-0.4, -0.2) is 33.1 Å². The van der Waals surface area contributed by atoms with Crippen LogP contribution in [0.2, 0.25) is 10.0 Å². The van der Waals surface area contributed by atoms with Gasteiger partial charge in [-0.15, -0.1) is 0 Å². The Labute approximate surface area is 200 Å². The largest absolute Gasteiger partial charge is 0.507 e. The van der Waals surface area contributed by atoms with Crippen LogP contribution < -0.4 is 10.1 Å². The summed E-state index contributed by atoms with van der Waals surface area (Å²) in [6.45, 7) is 1.99. The lowest BCUT2D eigenvalue weighted by Crippen LogP contribution is -2.38. The highest BCUT2D eigenvalue weighted by Gasteiger charge is 2.24. The van der Waals surface area contributed by atoms with Gasteiger partial charge in [0.2, 0.25) is 0 Å². The fourth-order valence-corrected chi connectivity index (χ4v) is 4.90. The molecule has 0 bridgehead atoms. The van der Waals surface area contributed by atoms with Crippen LogP contribution >= 0.6 is 23.2 Å². The lowest BCUT2D eigenvalue weighted by molar-refractivity contribution is 0.0691. The number of ether oxygens (including phenoxy) is 1. The monoisotopic (exact) mass is 490 g/mol. The number of aromatic hydroxyl groups is 1. The Hall–Kier alpha value is -2.90. The van der Waals surface area contributed by atoms with Gasteiger partial charge < -0.3 is 25.3 Å². The third kappa shape index (κ3) is 4.89. The van der Waals surface area contributed by atoms with Gasteiger partial charge in [-0.05, 0) is 56.0 Å². The van der Waals surface area contributed by atoms with E-state index in [0.717, 1.165) is 12.8 Å². The van der Waals surface area contributed by atoms with Crippen molar-refractivity contribution in [3.8, 4) is 17.2 Å². The van der Waals surface area contributed by atoms with Gasteiger partial charge in [0.15, 0.2) is 5.75 Å². The fourth-order valence-electron chi connectivity index (χ4n) is 4.31. The number of carboxylic acids is 1. The van der Waals surface area contributed by atoms with Gasteiger partial charge >= 0.3 is 5.97 Å². The van der Waals surface area contributed by atoms with Crippen molar-refractivity contribution >= 4 is 46.0 Å². The van der Waals surface area contributed by atoms with Crippen molar-refractivity contribution in [2.24, 2.45) is 5.92 Å². The highest BCUT2D eigenvalue weighted by molar-refractivity contribution is 6.41. The molecule has 7 nitrogen and oxygen atoms in total. The summed E-state index contributed by atoms with van der Waals surface area (Å²) in [6.07, 6.45) is 5.73. The van der Waals surface area contributed by atoms with Gasteiger partial charge in [0, 0.05) is 16.9 Å². The Morgan fingerprint density at radius 2 is 1.88 bits per heavy atom. The number of phenolic OH excluding ortho intramolecular Hbond substituents is 1. The summed E-state index contributed by atoms with van der Waals surface area (Å²) < 4.78 is 5.87. The summed E-state index contributed by atoms with van der Waals surface area (Å²) >= 11 is 12.8. The summed E-state index contributed by atoms with van der Waals surface area (Å²) in [4.78, 5) is 26.8. The molecule has 174 valence electrons. The van der Waals surface area contributed by atoms with Gasteiger partial charge in [-0.2, -0.15) is 0 Å². The predicted molar refractivity (Wildman–Crippen MR) is 127 cm³/mol. The minimum absolute atomic E-state index is 0.00917. The molecule has 0 spiro atoms. The fraction of sp³-hybridized carbons (Fsp3) is 0.333. The number of aromatic amines is 1. The molecule has 1 aromatic heterocycles. The molecule has 1 saturated carbocycles. The number of carbonyl (C=O) groups is 2. The summed E-state index contributed by atoms with van der Waals surface area (Å²) in [7, 11) is 0. The van der Waals surface area contributed by atoms with Crippen molar-refractivity contribution in [3.63, 3.8) is 0 Å². The molecule has 0 unspecified atom stereocenters. The maximum absolute atomic E-state index is 12.9. The van der Waals surface area contributed by atoms with E-state index in [1.54, 1.807) is 0 Å². The van der Waals surface area contributed by atoms with E-state index < -0.39 is 5.97 Å². The average Bonchev–Trinajstić information content (AvgIpc) is 3.22. The molecular formula is C24H24Cl2N2O5. The molecule has 1 aliphatic carbocycles. The number of benzene rings is 2. The Morgan fingerprint density at radius 3 is 2.58 bits per heavy atom. The van der Waals surface area contributed by atoms with E-state index in [4.69, 9.17) is 27.9 Å². The van der Waals surface area contributed by atoms with Gasteiger partial charge in [-0.3, -0.25) is 4.79 Å².